The number of rotatable bonds is 7. The highest BCUT2D eigenvalue weighted by molar-refractivity contribution is 5.50. The van der Waals surface area contributed by atoms with E-state index in [0.717, 1.165) is 48.9 Å². The van der Waals surface area contributed by atoms with Crippen molar-refractivity contribution in [2.45, 2.75) is 6.54 Å². The van der Waals surface area contributed by atoms with Crippen molar-refractivity contribution < 1.29 is 9.13 Å². The van der Waals surface area contributed by atoms with Crippen LogP contribution in [0.2, 0.25) is 0 Å². The third kappa shape index (κ3) is 4.66. The van der Waals surface area contributed by atoms with E-state index in [0.29, 0.717) is 5.92 Å². The summed E-state index contributed by atoms with van der Waals surface area (Å²) in [6, 6.07) is 24.7. The zero-order chi connectivity index (χ0) is 18.5. The molecule has 4 rings (SSSR count). The first-order valence-corrected chi connectivity index (χ1v) is 9.29. The van der Waals surface area contributed by atoms with Gasteiger partial charge < -0.3 is 15.0 Å². The minimum atomic E-state index is -0.198. The number of para-hydroxylation sites is 1. The van der Waals surface area contributed by atoms with Gasteiger partial charge in [0.05, 0.1) is 0 Å². The Morgan fingerprint density at radius 2 is 1.52 bits per heavy atom. The van der Waals surface area contributed by atoms with Crippen molar-refractivity contribution in [3.8, 4) is 11.5 Å². The zero-order valence-electron chi connectivity index (χ0n) is 15.1. The summed E-state index contributed by atoms with van der Waals surface area (Å²) < 4.78 is 19.1. The first-order valence-electron chi connectivity index (χ1n) is 9.29. The van der Waals surface area contributed by atoms with Gasteiger partial charge in [0.15, 0.2) is 0 Å². The molecule has 0 radical (unpaired) electrons. The number of nitrogens with one attached hydrogen (secondary N) is 1. The number of anilines is 1. The summed E-state index contributed by atoms with van der Waals surface area (Å²) in [4.78, 5) is 2.35. The van der Waals surface area contributed by atoms with Crippen LogP contribution in [0.1, 0.15) is 5.56 Å². The molecule has 1 N–H and O–H groups in total. The highest BCUT2D eigenvalue weighted by atomic mass is 19.1. The van der Waals surface area contributed by atoms with Crippen molar-refractivity contribution in [3.63, 3.8) is 0 Å². The van der Waals surface area contributed by atoms with Crippen molar-refractivity contribution in [3.05, 3.63) is 90.2 Å². The lowest BCUT2D eigenvalue weighted by molar-refractivity contribution is 0.348. The molecule has 1 fully saturated rings. The Bertz CT molecular complexity index is 846. The lowest BCUT2D eigenvalue weighted by atomic mass is 10.0. The molecule has 0 saturated carbocycles. The van der Waals surface area contributed by atoms with Gasteiger partial charge in [0.25, 0.3) is 0 Å². The highest BCUT2D eigenvalue weighted by Gasteiger charge is 2.21. The monoisotopic (exact) mass is 362 g/mol. The molecule has 0 aliphatic carbocycles. The largest absolute Gasteiger partial charge is 0.457 e. The van der Waals surface area contributed by atoms with Gasteiger partial charge in [0.1, 0.15) is 17.3 Å². The molecule has 138 valence electrons. The fraction of sp³-hybridized carbons (Fsp3) is 0.217. The molecule has 1 aliphatic heterocycles. The number of hydrogen-bond acceptors (Lipinski definition) is 3. The molecule has 1 heterocycles. The average molecular weight is 362 g/mol. The van der Waals surface area contributed by atoms with Gasteiger partial charge in [-0.05, 0) is 54.1 Å². The number of nitrogens with zero attached hydrogens (tertiary/aromatic N) is 1. The fourth-order valence-corrected chi connectivity index (χ4v) is 3.21. The van der Waals surface area contributed by atoms with E-state index < -0.39 is 0 Å². The molecular weight excluding hydrogens is 339 g/mol. The Kier molecular flexibility index (Phi) is 5.35. The molecule has 0 aromatic heterocycles. The minimum Gasteiger partial charge on any atom is -0.457 e. The van der Waals surface area contributed by atoms with Gasteiger partial charge >= 0.3 is 0 Å². The Morgan fingerprint density at radius 3 is 2.15 bits per heavy atom. The Morgan fingerprint density at radius 1 is 0.852 bits per heavy atom. The van der Waals surface area contributed by atoms with Crippen LogP contribution in [0.25, 0.3) is 0 Å². The van der Waals surface area contributed by atoms with Crippen molar-refractivity contribution in [1.82, 2.24) is 5.32 Å². The fourth-order valence-electron chi connectivity index (χ4n) is 3.21. The molecule has 1 saturated heterocycles. The summed E-state index contributed by atoms with van der Waals surface area (Å²) in [5.74, 6) is 2.09. The molecule has 0 spiro atoms. The van der Waals surface area contributed by atoms with E-state index in [2.05, 4.69) is 22.3 Å². The van der Waals surface area contributed by atoms with E-state index in [1.807, 2.05) is 54.6 Å². The quantitative estimate of drug-likeness (QED) is 0.651. The molecular formula is C23H23FN2O. The van der Waals surface area contributed by atoms with Gasteiger partial charge in [-0.2, -0.15) is 0 Å². The summed E-state index contributed by atoms with van der Waals surface area (Å²) in [5.41, 5.74) is 2.25. The molecule has 0 unspecified atom stereocenters. The maximum atomic E-state index is 13.2. The maximum Gasteiger partial charge on any atom is 0.127 e. The van der Waals surface area contributed by atoms with E-state index in [-0.39, 0.29) is 5.82 Å². The standard InChI is InChI=1S/C23H23FN2O/c24-20-8-6-18(7-9-20)16-26(17-19-14-25-15-19)21-10-12-23(13-11-21)27-22-4-2-1-3-5-22/h1-13,19,25H,14-17H2. The third-order valence-corrected chi connectivity index (χ3v) is 4.81. The minimum absolute atomic E-state index is 0.198. The maximum absolute atomic E-state index is 13.2. The van der Waals surface area contributed by atoms with Crippen molar-refractivity contribution in [2.75, 3.05) is 24.5 Å². The number of ether oxygens (including phenoxy) is 1. The second-order valence-corrected chi connectivity index (χ2v) is 6.94. The van der Waals surface area contributed by atoms with Gasteiger partial charge in [0.2, 0.25) is 0 Å². The van der Waals surface area contributed by atoms with Crippen LogP contribution < -0.4 is 15.0 Å². The van der Waals surface area contributed by atoms with Gasteiger partial charge in [-0.1, -0.05) is 30.3 Å². The van der Waals surface area contributed by atoms with E-state index in [1.54, 1.807) is 0 Å². The molecule has 0 bridgehead atoms. The van der Waals surface area contributed by atoms with Crippen LogP contribution in [0.15, 0.2) is 78.9 Å². The zero-order valence-corrected chi connectivity index (χ0v) is 15.1. The number of benzene rings is 3. The first-order chi connectivity index (χ1) is 13.3. The third-order valence-electron chi connectivity index (χ3n) is 4.81. The average Bonchev–Trinajstić information content (AvgIpc) is 2.67. The van der Waals surface area contributed by atoms with Crippen LogP contribution in [0.3, 0.4) is 0 Å². The SMILES string of the molecule is Fc1ccc(CN(CC2CNC2)c2ccc(Oc3ccccc3)cc2)cc1. The molecule has 0 amide bonds. The normalized spacial score (nSPS) is 13.8. The van der Waals surface area contributed by atoms with Gasteiger partial charge in [-0.3, -0.25) is 0 Å². The molecule has 27 heavy (non-hydrogen) atoms. The number of halogens is 1. The predicted molar refractivity (Wildman–Crippen MR) is 107 cm³/mol. The smallest absolute Gasteiger partial charge is 0.127 e. The van der Waals surface area contributed by atoms with Crippen LogP contribution in [-0.2, 0) is 6.54 Å². The van der Waals surface area contributed by atoms with Crippen molar-refractivity contribution in [2.24, 2.45) is 5.92 Å². The summed E-state index contributed by atoms with van der Waals surface area (Å²) in [7, 11) is 0. The molecule has 3 aromatic carbocycles. The highest BCUT2D eigenvalue weighted by Crippen LogP contribution is 2.26. The summed E-state index contributed by atoms with van der Waals surface area (Å²) in [5, 5.41) is 3.33. The first kappa shape index (κ1) is 17.6. The van der Waals surface area contributed by atoms with Crippen LogP contribution >= 0.6 is 0 Å². The second-order valence-electron chi connectivity index (χ2n) is 6.94. The summed E-state index contributed by atoms with van der Waals surface area (Å²) in [6.07, 6.45) is 0. The van der Waals surface area contributed by atoms with E-state index in [4.69, 9.17) is 4.74 Å². The van der Waals surface area contributed by atoms with Crippen LogP contribution in [0.4, 0.5) is 10.1 Å². The topological polar surface area (TPSA) is 24.5 Å². The Hall–Kier alpha value is -2.85. The van der Waals surface area contributed by atoms with E-state index in [1.165, 1.54) is 12.1 Å². The second kappa shape index (κ2) is 8.23. The van der Waals surface area contributed by atoms with Crippen molar-refractivity contribution >= 4 is 5.69 Å². The van der Waals surface area contributed by atoms with Crippen molar-refractivity contribution in [1.29, 1.82) is 0 Å². The molecule has 0 atom stereocenters. The molecule has 3 nitrogen and oxygen atoms in total. The summed E-state index contributed by atoms with van der Waals surface area (Å²) in [6.45, 7) is 3.84. The summed E-state index contributed by atoms with van der Waals surface area (Å²) >= 11 is 0. The predicted octanol–water partition coefficient (Wildman–Crippen LogP) is 4.84. The van der Waals surface area contributed by atoms with E-state index in [9.17, 15) is 4.39 Å². The van der Waals surface area contributed by atoms with E-state index >= 15 is 0 Å². The molecule has 4 heteroatoms. The molecule has 3 aromatic rings. The van der Waals surface area contributed by atoms with Crippen LogP contribution in [0, 0.1) is 11.7 Å². The lowest BCUT2D eigenvalue weighted by Crippen LogP contribution is -2.48. The number of hydrogen-bond donors (Lipinski definition) is 1. The Labute approximate surface area is 159 Å². The van der Waals surface area contributed by atoms with Crippen LogP contribution in [0.5, 0.6) is 11.5 Å². The van der Waals surface area contributed by atoms with Gasteiger partial charge in [0, 0.05) is 37.8 Å². The molecule has 1 aliphatic rings. The van der Waals surface area contributed by atoms with Crippen LogP contribution in [-0.4, -0.2) is 19.6 Å². The Balaban J connectivity index is 1.49. The van der Waals surface area contributed by atoms with Gasteiger partial charge in [-0.25, -0.2) is 4.39 Å². The lowest BCUT2D eigenvalue weighted by Gasteiger charge is -2.34. The van der Waals surface area contributed by atoms with Gasteiger partial charge in [-0.15, -0.1) is 0 Å².